The molecule has 0 spiro atoms. The third-order valence-corrected chi connectivity index (χ3v) is 7.15. The molecule has 0 aliphatic carbocycles. The first-order valence-corrected chi connectivity index (χ1v) is 14.0. The highest BCUT2D eigenvalue weighted by Crippen LogP contribution is 2.31. The lowest BCUT2D eigenvalue weighted by atomic mass is 10.0. The van der Waals surface area contributed by atoms with Gasteiger partial charge >= 0.3 is 5.69 Å². The summed E-state index contributed by atoms with van der Waals surface area (Å²) in [6.07, 6.45) is 4.86. The van der Waals surface area contributed by atoms with E-state index in [0.29, 0.717) is 54.0 Å². The Hall–Kier alpha value is -3.77. The molecule has 2 aromatic heterocycles. The van der Waals surface area contributed by atoms with Crippen LogP contribution < -0.4 is 33.9 Å². The number of aromatic nitrogens is 3. The van der Waals surface area contributed by atoms with Crippen LogP contribution in [-0.2, 0) is 13.0 Å². The summed E-state index contributed by atoms with van der Waals surface area (Å²) in [4.78, 5) is 24.2. The first kappa shape index (κ1) is 30.2. The number of hydrogen-bond acceptors (Lipinski definition) is 6. The fraction of sp³-hybridized carbons (Fsp3) is 0.345. The molecule has 0 radical (unpaired) electrons. The van der Waals surface area contributed by atoms with Crippen LogP contribution in [0.25, 0.3) is 28.0 Å². The van der Waals surface area contributed by atoms with Crippen molar-refractivity contribution in [3.05, 3.63) is 81.1 Å². The van der Waals surface area contributed by atoms with Crippen LogP contribution in [0.5, 0.6) is 0 Å². The standard InChI is InChI=1S/C29H37ClFN9O/c1-17(33)3-2-4-19-11-23(26(31)24(30)12-19)25-13-20-16-40(29(41)39-27(20)38-25)22-7-5-18(6-8-22)15-37-21(14-32)9-10-36-28(34)35/h5-8,11-13,16-17,21,37H,2-4,9-10,14-15,32-33H2,1H3,(H4,34,35,36)(H,38,39,41)/t17-,21+/m0/s1. The van der Waals surface area contributed by atoms with Gasteiger partial charge in [-0.15, -0.1) is 0 Å². The summed E-state index contributed by atoms with van der Waals surface area (Å²) in [6.45, 7) is 3.50. The third kappa shape index (κ3) is 7.92. The molecule has 0 aliphatic rings. The lowest BCUT2D eigenvalue weighted by Crippen LogP contribution is -2.36. The lowest BCUT2D eigenvalue weighted by Gasteiger charge is -2.16. The van der Waals surface area contributed by atoms with Gasteiger partial charge in [0.1, 0.15) is 5.65 Å². The highest BCUT2D eigenvalue weighted by Gasteiger charge is 2.16. The predicted molar refractivity (Wildman–Crippen MR) is 164 cm³/mol. The van der Waals surface area contributed by atoms with E-state index in [1.807, 2.05) is 31.2 Å². The second-order valence-electron chi connectivity index (χ2n) is 10.3. The molecule has 0 bridgehead atoms. The first-order valence-electron chi connectivity index (χ1n) is 13.6. The molecule has 0 unspecified atom stereocenters. The fourth-order valence-corrected chi connectivity index (χ4v) is 4.87. The van der Waals surface area contributed by atoms with Gasteiger partial charge in [0, 0.05) is 48.9 Å². The van der Waals surface area contributed by atoms with E-state index in [-0.39, 0.29) is 23.1 Å². The molecule has 0 fully saturated rings. The van der Waals surface area contributed by atoms with E-state index >= 15 is 4.39 Å². The maximum atomic E-state index is 15.0. The van der Waals surface area contributed by atoms with Crippen molar-refractivity contribution >= 4 is 28.6 Å². The van der Waals surface area contributed by atoms with Gasteiger partial charge in [0.25, 0.3) is 0 Å². The molecular formula is C29H37ClFN9O. The number of halogens is 2. The quantitative estimate of drug-likeness (QED) is 0.104. The Morgan fingerprint density at radius 3 is 2.61 bits per heavy atom. The van der Waals surface area contributed by atoms with Gasteiger partial charge in [-0.1, -0.05) is 23.7 Å². The van der Waals surface area contributed by atoms with E-state index < -0.39 is 11.5 Å². The van der Waals surface area contributed by atoms with Crippen LogP contribution in [0.3, 0.4) is 0 Å². The smallest absolute Gasteiger partial charge is 0.354 e. The number of fused-ring (bicyclic) bond motifs is 1. The zero-order valence-electron chi connectivity index (χ0n) is 23.0. The number of benzene rings is 2. The van der Waals surface area contributed by atoms with Gasteiger partial charge in [0.2, 0.25) is 0 Å². The van der Waals surface area contributed by atoms with Gasteiger partial charge in [0.05, 0.1) is 16.4 Å². The SMILES string of the molecule is C[C@H](N)CCCc1cc(Cl)c(F)c(-c2cc3cn(-c4ccc(CN[C@@H](CN)CCN=C(N)N)cc4)c(=O)nc3[nH]2)c1. The van der Waals surface area contributed by atoms with E-state index in [2.05, 4.69) is 20.3 Å². The minimum atomic E-state index is -0.526. The first-order chi connectivity index (χ1) is 19.6. The molecule has 0 amide bonds. The predicted octanol–water partition coefficient (Wildman–Crippen LogP) is 2.92. The monoisotopic (exact) mass is 581 g/mol. The number of nitrogens with zero attached hydrogens (tertiary/aromatic N) is 3. The normalized spacial score (nSPS) is 12.9. The number of H-pyrrole nitrogens is 1. The van der Waals surface area contributed by atoms with Crippen molar-refractivity contribution in [2.45, 2.75) is 51.2 Å². The van der Waals surface area contributed by atoms with Crippen LogP contribution in [0.2, 0.25) is 5.02 Å². The average molecular weight is 582 g/mol. The number of aliphatic imine (C=N–C) groups is 1. The third-order valence-electron chi connectivity index (χ3n) is 6.88. The Balaban J connectivity index is 1.52. The van der Waals surface area contributed by atoms with Crippen molar-refractivity contribution < 1.29 is 4.39 Å². The van der Waals surface area contributed by atoms with Gasteiger partial charge in [-0.05, 0) is 74.1 Å². The zero-order chi connectivity index (χ0) is 29.5. The van der Waals surface area contributed by atoms with Crippen molar-refractivity contribution in [2.75, 3.05) is 13.1 Å². The summed E-state index contributed by atoms with van der Waals surface area (Å²) < 4.78 is 16.5. The Morgan fingerprint density at radius 1 is 1.17 bits per heavy atom. The van der Waals surface area contributed by atoms with Gasteiger partial charge in [-0.25, -0.2) is 9.18 Å². The molecule has 4 aromatic rings. The maximum Gasteiger partial charge on any atom is 0.354 e. The Labute approximate surface area is 243 Å². The van der Waals surface area contributed by atoms with E-state index in [1.54, 1.807) is 24.4 Å². The largest absolute Gasteiger partial charge is 0.370 e. The highest BCUT2D eigenvalue weighted by molar-refractivity contribution is 6.31. The Bertz CT molecular complexity index is 1560. The topological polar surface area (TPSA) is 179 Å². The molecule has 2 atom stereocenters. The molecule has 0 aliphatic heterocycles. The molecule has 10 nitrogen and oxygen atoms in total. The molecule has 41 heavy (non-hydrogen) atoms. The Kier molecular flexibility index (Phi) is 10.1. The summed E-state index contributed by atoms with van der Waals surface area (Å²) in [5.41, 5.74) is 25.8. The van der Waals surface area contributed by atoms with Crippen molar-refractivity contribution in [1.29, 1.82) is 0 Å². The van der Waals surface area contributed by atoms with Crippen LogP contribution in [0, 0.1) is 5.82 Å². The van der Waals surface area contributed by atoms with E-state index in [0.717, 1.165) is 30.4 Å². The van der Waals surface area contributed by atoms with Crippen molar-refractivity contribution in [1.82, 2.24) is 19.9 Å². The van der Waals surface area contributed by atoms with Crippen LogP contribution in [0.15, 0.2) is 58.4 Å². The molecule has 12 heteroatoms. The lowest BCUT2D eigenvalue weighted by molar-refractivity contribution is 0.493. The molecule has 0 saturated carbocycles. The molecular weight excluding hydrogens is 545 g/mol. The van der Waals surface area contributed by atoms with Gasteiger partial charge in [-0.3, -0.25) is 9.56 Å². The van der Waals surface area contributed by atoms with Crippen molar-refractivity contribution in [2.24, 2.45) is 27.9 Å². The molecule has 10 N–H and O–H groups in total. The van der Waals surface area contributed by atoms with Crippen LogP contribution in [-0.4, -0.2) is 45.7 Å². The fourth-order valence-electron chi connectivity index (χ4n) is 4.63. The summed E-state index contributed by atoms with van der Waals surface area (Å²) in [6, 6.07) is 12.9. The zero-order valence-corrected chi connectivity index (χ0v) is 23.8. The second-order valence-corrected chi connectivity index (χ2v) is 10.7. The van der Waals surface area contributed by atoms with E-state index in [1.165, 1.54) is 4.57 Å². The minimum absolute atomic E-state index is 0.0469. The van der Waals surface area contributed by atoms with Crippen LogP contribution >= 0.6 is 11.6 Å². The number of nitrogens with one attached hydrogen (secondary N) is 2. The highest BCUT2D eigenvalue weighted by atomic mass is 35.5. The number of aromatic amines is 1. The molecule has 218 valence electrons. The molecule has 2 heterocycles. The number of rotatable bonds is 13. The summed E-state index contributed by atoms with van der Waals surface area (Å²) >= 11 is 6.23. The van der Waals surface area contributed by atoms with Gasteiger partial charge in [0.15, 0.2) is 11.8 Å². The second kappa shape index (κ2) is 13.7. The number of hydrogen-bond donors (Lipinski definition) is 6. The van der Waals surface area contributed by atoms with Crippen molar-refractivity contribution in [3.8, 4) is 16.9 Å². The average Bonchev–Trinajstić information content (AvgIpc) is 3.34. The minimum Gasteiger partial charge on any atom is -0.370 e. The molecule has 0 saturated heterocycles. The van der Waals surface area contributed by atoms with Crippen LogP contribution in [0.4, 0.5) is 4.39 Å². The van der Waals surface area contributed by atoms with E-state index in [4.69, 9.17) is 34.5 Å². The van der Waals surface area contributed by atoms with Crippen molar-refractivity contribution in [3.63, 3.8) is 0 Å². The summed E-state index contributed by atoms with van der Waals surface area (Å²) in [5, 5.41) is 4.10. The Morgan fingerprint density at radius 2 is 1.93 bits per heavy atom. The molecule has 4 rings (SSSR count). The van der Waals surface area contributed by atoms with Crippen LogP contribution in [0.1, 0.15) is 37.3 Å². The van der Waals surface area contributed by atoms with Gasteiger partial charge < -0.3 is 33.2 Å². The number of guanidine groups is 1. The maximum absolute atomic E-state index is 15.0. The number of nitrogens with two attached hydrogens (primary N) is 4. The van der Waals surface area contributed by atoms with Gasteiger partial charge in [-0.2, -0.15) is 4.98 Å². The molecule has 2 aromatic carbocycles. The number of aryl methyl sites for hydroxylation is 1. The van der Waals surface area contributed by atoms with E-state index in [9.17, 15) is 4.79 Å². The summed E-state index contributed by atoms with van der Waals surface area (Å²) in [5.74, 6) is -0.466. The summed E-state index contributed by atoms with van der Waals surface area (Å²) in [7, 11) is 0.